The van der Waals surface area contributed by atoms with Crippen molar-refractivity contribution in [2.45, 2.75) is 96.9 Å². The molecule has 0 aromatic heterocycles. The maximum absolute atomic E-state index is 13.8. The van der Waals surface area contributed by atoms with Crippen molar-refractivity contribution < 1.29 is 48.3 Å². The predicted molar refractivity (Wildman–Crippen MR) is 184 cm³/mol. The standard InChI is InChI=1S/C40H46O10/c1-23-29-21-40(46)22-30(43)24(2)34(38(40,5)6)35(47-25(3)41)36(48-26(4)42)39(29,7)32(50-37(45)28-16-12-9-13-17-28)20-31(23)49-33(44)19-18-27-14-10-8-11-15-27/h8-19,29-32,35-36,43,46H,1,20-22H2,2-7H3/b19-18+/t29-,30+,31+,32+,35-,36+,39+,40+/m1/s1. The van der Waals surface area contributed by atoms with Gasteiger partial charge in [0.15, 0.2) is 12.2 Å². The molecule has 266 valence electrons. The number of esters is 4. The number of aliphatic hydroxyl groups is 2. The summed E-state index contributed by atoms with van der Waals surface area (Å²) in [5.41, 5.74) is -1.79. The first kappa shape index (κ1) is 36.7. The molecule has 3 aliphatic rings. The molecule has 5 rings (SSSR count). The lowest BCUT2D eigenvalue weighted by Gasteiger charge is -2.61. The highest BCUT2D eigenvalue weighted by atomic mass is 16.6. The Morgan fingerprint density at radius 1 is 0.860 bits per heavy atom. The minimum Gasteiger partial charge on any atom is -0.458 e. The molecule has 8 atom stereocenters. The highest BCUT2D eigenvalue weighted by Crippen LogP contribution is 2.62. The average Bonchev–Trinajstić information content (AvgIpc) is 3.06. The van der Waals surface area contributed by atoms with E-state index in [1.807, 2.05) is 30.3 Å². The van der Waals surface area contributed by atoms with Gasteiger partial charge in [0.2, 0.25) is 0 Å². The lowest BCUT2D eigenvalue weighted by molar-refractivity contribution is -0.218. The number of carbonyl (C=O) groups excluding carboxylic acids is 4. The monoisotopic (exact) mass is 686 g/mol. The molecule has 0 saturated heterocycles. The number of hydrogen-bond donors (Lipinski definition) is 2. The van der Waals surface area contributed by atoms with Crippen LogP contribution >= 0.6 is 0 Å². The molecule has 2 saturated carbocycles. The van der Waals surface area contributed by atoms with E-state index < -0.39 is 76.7 Å². The Labute approximate surface area is 292 Å². The lowest BCUT2D eigenvalue weighted by Crippen LogP contribution is -2.68. The Morgan fingerprint density at radius 3 is 2.06 bits per heavy atom. The first-order valence-corrected chi connectivity index (χ1v) is 16.8. The average molecular weight is 687 g/mol. The van der Waals surface area contributed by atoms with Gasteiger partial charge in [-0.25, -0.2) is 9.59 Å². The maximum atomic E-state index is 13.8. The van der Waals surface area contributed by atoms with Gasteiger partial charge in [-0.15, -0.1) is 0 Å². The van der Waals surface area contributed by atoms with Gasteiger partial charge in [-0.1, -0.05) is 75.9 Å². The van der Waals surface area contributed by atoms with Gasteiger partial charge in [0.25, 0.3) is 0 Å². The minimum atomic E-state index is -1.62. The number of rotatable bonds is 7. The van der Waals surface area contributed by atoms with Gasteiger partial charge in [0, 0.05) is 38.2 Å². The molecule has 0 unspecified atom stereocenters. The minimum absolute atomic E-state index is 0.0407. The summed E-state index contributed by atoms with van der Waals surface area (Å²) in [6.45, 7) is 13.9. The molecule has 50 heavy (non-hydrogen) atoms. The highest BCUT2D eigenvalue weighted by molar-refractivity contribution is 5.89. The molecule has 0 amide bonds. The highest BCUT2D eigenvalue weighted by Gasteiger charge is 2.67. The van der Waals surface area contributed by atoms with Crippen LogP contribution < -0.4 is 0 Å². The molecule has 3 aliphatic carbocycles. The van der Waals surface area contributed by atoms with Crippen molar-refractivity contribution in [3.8, 4) is 0 Å². The quantitative estimate of drug-likeness (QED) is 0.165. The third-order valence-corrected chi connectivity index (χ3v) is 11.1. The van der Waals surface area contributed by atoms with Crippen molar-refractivity contribution in [2.75, 3.05) is 0 Å². The zero-order chi connectivity index (χ0) is 36.6. The van der Waals surface area contributed by atoms with E-state index in [4.69, 9.17) is 18.9 Å². The number of benzene rings is 2. The molecular formula is C40H46O10. The number of hydrogen-bond acceptors (Lipinski definition) is 10. The first-order valence-electron chi connectivity index (χ1n) is 16.8. The van der Waals surface area contributed by atoms with Crippen LogP contribution in [0.15, 0.2) is 90.0 Å². The van der Waals surface area contributed by atoms with Gasteiger partial charge in [0.1, 0.15) is 12.2 Å². The van der Waals surface area contributed by atoms with E-state index >= 15 is 0 Å². The van der Waals surface area contributed by atoms with Crippen LogP contribution in [0.3, 0.4) is 0 Å². The van der Waals surface area contributed by atoms with Crippen LogP contribution in [0.4, 0.5) is 0 Å². The summed E-state index contributed by atoms with van der Waals surface area (Å²) < 4.78 is 24.4. The lowest BCUT2D eigenvalue weighted by atomic mass is 9.48. The molecule has 0 radical (unpaired) electrons. The largest absolute Gasteiger partial charge is 0.458 e. The Balaban J connectivity index is 1.69. The summed E-state index contributed by atoms with van der Waals surface area (Å²) in [5, 5.41) is 24.0. The number of ether oxygens (including phenoxy) is 4. The Kier molecular flexibility index (Phi) is 10.3. The second-order valence-electron chi connectivity index (χ2n) is 14.4. The molecule has 2 aromatic rings. The molecule has 2 fully saturated rings. The molecule has 10 nitrogen and oxygen atoms in total. The van der Waals surface area contributed by atoms with E-state index in [2.05, 4.69) is 6.58 Å². The zero-order valence-corrected chi connectivity index (χ0v) is 29.4. The molecule has 10 heteroatoms. The fraction of sp³-hybridized carbons (Fsp3) is 0.450. The van der Waals surface area contributed by atoms with Crippen LogP contribution in [0.5, 0.6) is 0 Å². The Morgan fingerprint density at radius 2 is 1.46 bits per heavy atom. The summed E-state index contributed by atoms with van der Waals surface area (Å²) in [6.07, 6.45) is -3.03. The van der Waals surface area contributed by atoms with E-state index in [1.54, 1.807) is 64.1 Å². The Bertz CT molecular complexity index is 1710. The van der Waals surface area contributed by atoms with Crippen LogP contribution in [-0.4, -0.2) is 70.2 Å². The van der Waals surface area contributed by atoms with E-state index in [9.17, 15) is 29.4 Å². The van der Waals surface area contributed by atoms with Gasteiger partial charge in [-0.2, -0.15) is 0 Å². The van der Waals surface area contributed by atoms with Crippen LogP contribution in [0.25, 0.3) is 6.08 Å². The van der Waals surface area contributed by atoms with E-state index in [-0.39, 0.29) is 24.8 Å². The fourth-order valence-electron chi connectivity index (χ4n) is 8.21. The van der Waals surface area contributed by atoms with Crippen molar-refractivity contribution in [2.24, 2.45) is 16.7 Å². The van der Waals surface area contributed by atoms with Gasteiger partial charge in [-0.3, -0.25) is 9.59 Å². The molecular weight excluding hydrogens is 640 g/mol. The molecule has 2 aromatic carbocycles. The number of fused-ring (bicyclic) bond motifs is 3. The summed E-state index contributed by atoms with van der Waals surface area (Å²) in [6, 6.07) is 17.6. The predicted octanol–water partition coefficient (Wildman–Crippen LogP) is 5.53. The summed E-state index contributed by atoms with van der Waals surface area (Å²) in [4.78, 5) is 52.8. The molecule has 0 aliphatic heterocycles. The van der Waals surface area contributed by atoms with Gasteiger partial charge in [-0.05, 0) is 59.8 Å². The van der Waals surface area contributed by atoms with Crippen LogP contribution in [0.1, 0.15) is 76.7 Å². The maximum Gasteiger partial charge on any atom is 0.338 e. The van der Waals surface area contributed by atoms with Gasteiger partial charge in [0.05, 0.1) is 22.7 Å². The molecule has 0 spiro atoms. The normalized spacial score (nSPS) is 31.9. The van der Waals surface area contributed by atoms with Crippen LogP contribution in [0, 0.1) is 16.7 Å². The Hall–Kier alpha value is -4.54. The van der Waals surface area contributed by atoms with Crippen molar-refractivity contribution >= 4 is 30.0 Å². The first-order chi connectivity index (χ1) is 23.5. The van der Waals surface area contributed by atoms with Crippen LogP contribution in [0.2, 0.25) is 0 Å². The topological polar surface area (TPSA) is 146 Å². The number of carbonyl (C=O) groups is 4. The zero-order valence-electron chi connectivity index (χ0n) is 29.4. The third kappa shape index (κ3) is 6.79. The second kappa shape index (κ2) is 14.0. The molecule has 2 bridgehead atoms. The van der Waals surface area contributed by atoms with Crippen molar-refractivity contribution in [3.63, 3.8) is 0 Å². The van der Waals surface area contributed by atoms with Crippen molar-refractivity contribution in [3.05, 3.63) is 101 Å². The smallest absolute Gasteiger partial charge is 0.338 e. The SMILES string of the molecule is C=C1[C@@H](OC(=O)/C=C/c2ccccc2)C[C@H](OC(=O)c2ccccc2)[C@]2(C)[C@@H]1C[C@]1(O)C[C@H](O)C(C)=C([C@@H](OC(C)=O)[C@@H]2OC(C)=O)C1(C)C. The summed E-state index contributed by atoms with van der Waals surface area (Å²) in [7, 11) is 0. The second-order valence-corrected chi connectivity index (χ2v) is 14.4. The third-order valence-electron chi connectivity index (χ3n) is 11.1. The number of aliphatic hydroxyl groups excluding tert-OH is 1. The van der Waals surface area contributed by atoms with Crippen molar-refractivity contribution in [1.82, 2.24) is 0 Å². The van der Waals surface area contributed by atoms with E-state index in [0.29, 0.717) is 16.7 Å². The summed E-state index contributed by atoms with van der Waals surface area (Å²) in [5.74, 6) is -3.55. The summed E-state index contributed by atoms with van der Waals surface area (Å²) >= 11 is 0. The van der Waals surface area contributed by atoms with E-state index in [0.717, 1.165) is 5.56 Å². The van der Waals surface area contributed by atoms with Gasteiger partial charge < -0.3 is 29.2 Å². The molecule has 2 N–H and O–H groups in total. The van der Waals surface area contributed by atoms with Crippen LogP contribution in [-0.2, 0) is 33.3 Å². The van der Waals surface area contributed by atoms with E-state index in [1.165, 1.54) is 19.9 Å². The molecule has 0 heterocycles. The van der Waals surface area contributed by atoms with Crippen molar-refractivity contribution in [1.29, 1.82) is 0 Å². The fourth-order valence-corrected chi connectivity index (χ4v) is 8.21. The van der Waals surface area contributed by atoms with Gasteiger partial charge >= 0.3 is 23.9 Å².